The molecule has 6 heteroatoms. The maximum absolute atomic E-state index is 11.1. The molecule has 0 unspecified atom stereocenters. The molecule has 0 atom stereocenters. The van der Waals surface area contributed by atoms with Gasteiger partial charge in [0, 0.05) is 18.3 Å². The Morgan fingerprint density at radius 3 is 2.67 bits per heavy atom. The molecule has 0 aliphatic rings. The Bertz CT molecular complexity index is 200. The largest absolute Gasteiger partial charge is 0.370 e. The van der Waals surface area contributed by atoms with E-state index < -0.39 is 5.91 Å². The standard InChI is InChI=1S/C9H17BrN2O3/c10-4-2-1-3-9(14)12-5-6-15-7-8(11)13/h1-7H2,(H2,11,13)(H,12,14). The van der Waals surface area contributed by atoms with Crippen molar-refractivity contribution in [2.24, 2.45) is 5.73 Å². The van der Waals surface area contributed by atoms with Gasteiger partial charge in [-0.1, -0.05) is 15.9 Å². The fourth-order valence-electron chi connectivity index (χ4n) is 0.904. The van der Waals surface area contributed by atoms with Crippen molar-refractivity contribution in [3.05, 3.63) is 0 Å². The van der Waals surface area contributed by atoms with Crippen molar-refractivity contribution in [3.63, 3.8) is 0 Å². The Kier molecular flexibility index (Phi) is 9.51. The smallest absolute Gasteiger partial charge is 0.243 e. The van der Waals surface area contributed by atoms with E-state index in [2.05, 4.69) is 21.2 Å². The second-order valence-electron chi connectivity index (χ2n) is 3.01. The van der Waals surface area contributed by atoms with Crippen LogP contribution >= 0.6 is 15.9 Å². The second kappa shape index (κ2) is 9.92. The van der Waals surface area contributed by atoms with Crippen LogP contribution in [0.4, 0.5) is 0 Å². The van der Waals surface area contributed by atoms with Crippen molar-refractivity contribution in [3.8, 4) is 0 Å². The molecule has 0 aromatic carbocycles. The van der Waals surface area contributed by atoms with Crippen molar-refractivity contribution >= 4 is 27.7 Å². The topological polar surface area (TPSA) is 81.4 Å². The number of primary amides is 1. The summed E-state index contributed by atoms with van der Waals surface area (Å²) >= 11 is 3.29. The molecule has 0 aliphatic heterocycles. The van der Waals surface area contributed by atoms with Crippen molar-refractivity contribution in [2.75, 3.05) is 25.1 Å². The number of ether oxygens (including phenoxy) is 1. The van der Waals surface area contributed by atoms with E-state index in [1.165, 1.54) is 0 Å². The van der Waals surface area contributed by atoms with E-state index in [1.807, 2.05) is 0 Å². The predicted octanol–water partition coefficient (Wildman–Crippen LogP) is 0.170. The van der Waals surface area contributed by atoms with Gasteiger partial charge in [0.25, 0.3) is 0 Å². The molecule has 0 aliphatic carbocycles. The molecule has 0 spiro atoms. The molecule has 2 amide bonds. The summed E-state index contributed by atoms with van der Waals surface area (Å²) in [6.45, 7) is 0.632. The van der Waals surface area contributed by atoms with Crippen molar-refractivity contribution < 1.29 is 14.3 Å². The van der Waals surface area contributed by atoms with Gasteiger partial charge in [0.2, 0.25) is 11.8 Å². The Morgan fingerprint density at radius 1 is 1.33 bits per heavy atom. The summed E-state index contributed by atoms with van der Waals surface area (Å²) in [5, 5.41) is 3.60. The van der Waals surface area contributed by atoms with Crippen LogP contribution in [0, 0.1) is 0 Å². The van der Waals surface area contributed by atoms with Crippen LogP contribution in [0.1, 0.15) is 19.3 Å². The number of amides is 2. The van der Waals surface area contributed by atoms with Crippen molar-refractivity contribution in [1.82, 2.24) is 5.32 Å². The number of nitrogens with one attached hydrogen (secondary N) is 1. The first-order valence-electron chi connectivity index (χ1n) is 4.85. The third kappa shape index (κ3) is 11.3. The lowest BCUT2D eigenvalue weighted by molar-refractivity contribution is -0.122. The highest BCUT2D eigenvalue weighted by molar-refractivity contribution is 9.09. The number of nitrogens with two attached hydrogens (primary N) is 1. The summed E-state index contributed by atoms with van der Waals surface area (Å²) in [4.78, 5) is 21.4. The minimum absolute atomic E-state index is 0.0126. The SMILES string of the molecule is NC(=O)COCCNC(=O)CCCCBr. The molecular weight excluding hydrogens is 264 g/mol. The zero-order valence-electron chi connectivity index (χ0n) is 8.63. The van der Waals surface area contributed by atoms with Crippen LogP contribution in [0.2, 0.25) is 0 Å². The van der Waals surface area contributed by atoms with Crippen LogP contribution in [0.5, 0.6) is 0 Å². The third-order valence-corrected chi connectivity index (χ3v) is 2.16. The van der Waals surface area contributed by atoms with E-state index in [-0.39, 0.29) is 12.5 Å². The molecule has 88 valence electrons. The average molecular weight is 281 g/mol. The Morgan fingerprint density at radius 2 is 2.07 bits per heavy atom. The number of rotatable bonds is 9. The number of hydrogen-bond acceptors (Lipinski definition) is 3. The van der Waals surface area contributed by atoms with E-state index in [4.69, 9.17) is 10.5 Å². The second-order valence-corrected chi connectivity index (χ2v) is 3.81. The lowest BCUT2D eigenvalue weighted by Crippen LogP contribution is -2.28. The molecule has 0 radical (unpaired) electrons. The maximum atomic E-state index is 11.1. The Labute approximate surface area is 97.9 Å². The summed E-state index contributed by atoms with van der Waals surface area (Å²) in [6.07, 6.45) is 2.40. The first kappa shape index (κ1) is 14.4. The van der Waals surface area contributed by atoms with Crippen LogP contribution < -0.4 is 11.1 Å². The number of halogens is 1. The molecule has 0 bridgehead atoms. The lowest BCUT2D eigenvalue weighted by atomic mass is 10.2. The van der Waals surface area contributed by atoms with Crippen molar-refractivity contribution in [2.45, 2.75) is 19.3 Å². The van der Waals surface area contributed by atoms with E-state index in [0.717, 1.165) is 18.2 Å². The number of unbranched alkanes of at least 4 members (excludes halogenated alkanes) is 1. The Hall–Kier alpha value is -0.620. The van der Waals surface area contributed by atoms with Crippen LogP contribution in [0.15, 0.2) is 0 Å². The minimum atomic E-state index is -0.501. The highest BCUT2D eigenvalue weighted by atomic mass is 79.9. The van der Waals surface area contributed by atoms with Crippen molar-refractivity contribution in [1.29, 1.82) is 0 Å². The molecule has 3 N–H and O–H groups in total. The summed E-state index contributed by atoms with van der Waals surface area (Å²) in [5.41, 5.74) is 4.86. The fourth-order valence-corrected chi connectivity index (χ4v) is 1.30. The summed E-state index contributed by atoms with van der Waals surface area (Å²) in [6, 6.07) is 0. The number of carbonyl (C=O) groups is 2. The van der Waals surface area contributed by atoms with Gasteiger partial charge in [-0.05, 0) is 12.8 Å². The normalized spacial score (nSPS) is 9.93. The molecule has 5 nitrogen and oxygen atoms in total. The predicted molar refractivity (Wildman–Crippen MR) is 60.7 cm³/mol. The molecule has 15 heavy (non-hydrogen) atoms. The van der Waals surface area contributed by atoms with E-state index in [0.29, 0.717) is 19.6 Å². The monoisotopic (exact) mass is 280 g/mol. The summed E-state index contributed by atoms with van der Waals surface area (Å²) < 4.78 is 4.87. The molecule has 0 saturated carbocycles. The van der Waals surface area contributed by atoms with Gasteiger partial charge in [0.15, 0.2) is 0 Å². The van der Waals surface area contributed by atoms with Gasteiger partial charge in [-0.15, -0.1) is 0 Å². The van der Waals surface area contributed by atoms with E-state index in [9.17, 15) is 9.59 Å². The highest BCUT2D eigenvalue weighted by Crippen LogP contribution is 1.97. The first-order valence-corrected chi connectivity index (χ1v) is 5.97. The Balaban J connectivity index is 3.20. The van der Waals surface area contributed by atoms with E-state index >= 15 is 0 Å². The number of alkyl halides is 1. The molecule has 0 heterocycles. The van der Waals surface area contributed by atoms with Crippen LogP contribution in [-0.2, 0) is 14.3 Å². The fraction of sp³-hybridized carbons (Fsp3) is 0.778. The third-order valence-electron chi connectivity index (χ3n) is 1.60. The minimum Gasteiger partial charge on any atom is -0.370 e. The molecule has 0 fully saturated rings. The van der Waals surface area contributed by atoms with Gasteiger partial charge in [0.05, 0.1) is 6.61 Å². The van der Waals surface area contributed by atoms with Gasteiger partial charge in [-0.2, -0.15) is 0 Å². The molecule has 0 rings (SSSR count). The molecule has 0 saturated heterocycles. The summed E-state index contributed by atoms with van der Waals surface area (Å²) in [7, 11) is 0. The van der Waals surface area contributed by atoms with Gasteiger partial charge in [-0.25, -0.2) is 0 Å². The zero-order valence-corrected chi connectivity index (χ0v) is 10.2. The average Bonchev–Trinajstić information content (AvgIpc) is 2.17. The van der Waals surface area contributed by atoms with Crippen LogP contribution in [0.25, 0.3) is 0 Å². The van der Waals surface area contributed by atoms with Gasteiger partial charge in [0.1, 0.15) is 6.61 Å². The van der Waals surface area contributed by atoms with Gasteiger partial charge < -0.3 is 15.8 Å². The van der Waals surface area contributed by atoms with Crippen LogP contribution in [-0.4, -0.2) is 36.9 Å². The number of carbonyl (C=O) groups excluding carboxylic acids is 2. The zero-order chi connectivity index (χ0) is 11.5. The van der Waals surface area contributed by atoms with Crippen LogP contribution in [0.3, 0.4) is 0 Å². The van der Waals surface area contributed by atoms with Gasteiger partial charge >= 0.3 is 0 Å². The summed E-state index contributed by atoms with van der Waals surface area (Å²) in [5.74, 6) is -0.489. The lowest BCUT2D eigenvalue weighted by Gasteiger charge is -2.04. The highest BCUT2D eigenvalue weighted by Gasteiger charge is 2.00. The molecular formula is C9H17BrN2O3. The quantitative estimate of drug-likeness (QED) is 0.467. The molecule has 0 aromatic rings. The number of hydrogen-bond donors (Lipinski definition) is 2. The van der Waals surface area contributed by atoms with Gasteiger partial charge in [-0.3, -0.25) is 9.59 Å². The maximum Gasteiger partial charge on any atom is 0.243 e. The molecule has 0 aromatic heterocycles. The first-order chi connectivity index (χ1) is 7.16. The van der Waals surface area contributed by atoms with E-state index in [1.54, 1.807) is 0 Å².